The lowest BCUT2D eigenvalue weighted by Crippen LogP contribution is -2.34. The number of thiophene rings is 1. The third kappa shape index (κ3) is 3.58. The molecule has 1 fully saturated rings. The molecule has 1 saturated heterocycles. The van der Waals surface area contributed by atoms with Gasteiger partial charge in [0.2, 0.25) is 0 Å². The van der Waals surface area contributed by atoms with E-state index in [1.807, 2.05) is 11.3 Å². The highest BCUT2D eigenvalue weighted by Gasteiger charge is 2.19. The molecule has 2 nitrogen and oxygen atoms in total. The third-order valence-corrected chi connectivity index (χ3v) is 4.52. The molecule has 0 amide bonds. The van der Waals surface area contributed by atoms with Crippen LogP contribution in [-0.4, -0.2) is 24.5 Å². The van der Waals surface area contributed by atoms with Crippen molar-refractivity contribution in [2.24, 2.45) is 11.7 Å². The SMILES string of the molecule is CCC1CCCN(Cc2sccc2C#CCN)C1. The number of piperidine rings is 1. The van der Waals surface area contributed by atoms with Crippen LogP contribution in [0, 0.1) is 17.8 Å². The molecule has 2 rings (SSSR count). The van der Waals surface area contributed by atoms with E-state index in [0.717, 1.165) is 12.5 Å². The largest absolute Gasteiger partial charge is 0.320 e. The Bertz CT molecular complexity index is 427. The number of likely N-dealkylation sites (tertiary alicyclic amines) is 1. The number of rotatable bonds is 3. The Balaban J connectivity index is 1.98. The minimum Gasteiger partial charge on any atom is -0.320 e. The number of hydrogen-bond donors (Lipinski definition) is 1. The normalized spacial score (nSPS) is 20.4. The Labute approximate surface area is 114 Å². The van der Waals surface area contributed by atoms with Crippen LogP contribution in [-0.2, 0) is 6.54 Å². The average molecular weight is 262 g/mol. The number of nitrogens with zero attached hydrogens (tertiary/aromatic N) is 1. The van der Waals surface area contributed by atoms with E-state index in [9.17, 15) is 0 Å². The van der Waals surface area contributed by atoms with Crippen molar-refractivity contribution >= 4 is 11.3 Å². The van der Waals surface area contributed by atoms with Gasteiger partial charge in [0.1, 0.15) is 0 Å². The molecule has 1 aromatic heterocycles. The van der Waals surface area contributed by atoms with E-state index in [1.54, 1.807) is 0 Å². The Hall–Kier alpha value is -0.820. The van der Waals surface area contributed by atoms with Gasteiger partial charge in [0.15, 0.2) is 0 Å². The van der Waals surface area contributed by atoms with Gasteiger partial charge in [-0.15, -0.1) is 11.3 Å². The predicted octanol–water partition coefficient (Wildman–Crippen LogP) is 2.68. The number of nitrogens with two attached hydrogens (primary N) is 1. The van der Waals surface area contributed by atoms with Gasteiger partial charge in [-0.3, -0.25) is 4.90 Å². The van der Waals surface area contributed by atoms with Crippen LogP contribution in [0.1, 0.15) is 36.6 Å². The van der Waals surface area contributed by atoms with Crippen molar-refractivity contribution in [2.75, 3.05) is 19.6 Å². The maximum absolute atomic E-state index is 5.44. The molecule has 18 heavy (non-hydrogen) atoms. The van der Waals surface area contributed by atoms with Gasteiger partial charge in [-0.25, -0.2) is 0 Å². The highest BCUT2D eigenvalue weighted by atomic mass is 32.1. The molecule has 0 saturated carbocycles. The van der Waals surface area contributed by atoms with Crippen LogP contribution in [0.4, 0.5) is 0 Å². The van der Waals surface area contributed by atoms with E-state index in [4.69, 9.17) is 5.73 Å². The summed E-state index contributed by atoms with van der Waals surface area (Å²) in [6.07, 6.45) is 4.05. The van der Waals surface area contributed by atoms with E-state index in [0.29, 0.717) is 6.54 Å². The number of hydrogen-bond acceptors (Lipinski definition) is 3. The van der Waals surface area contributed by atoms with Crippen LogP contribution in [0.2, 0.25) is 0 Å². The van der Waals surface area contributed by atoms with Gasteiger partial charge in [0, 0.05) is 23.5 Å². The van der Waals surface area contributed by atoms with Gasteiger partial charge in [-0.2, -0.15) is 0 Å². The van der Waals surface area contributed by atoms with Crippen LogP contribution >= 0.6 is 11.3 Å². The molecule has 0 aliphatic carbocycles. The Kier molecular flexibility index (Phi) is 5.25. The molecule has 0 radical (unpaired) electrons. The van der Waals surface area contributed by atoms with Crippen molar-refractivity contribution in [2.45, 2.75) is 32.7 Å². The summed E-state index contributed by atoms with van der Waals surface area (Å²) in [5.41, 5.74) is 6.61. The maximum Gasteiger partial charge on any atom is 0.0555 e. The molecule has 1 aromatic rings. The van der Waals surface area contributed by atoms with Crippen LogP contribution in [0.15, 0.2) is 11.4 Å². The molecule has 2 heterocycles. The molecule has 0 spiro atoms. The fourth-order valence-electron chi connectivity index (χ4n) is 2.55. The van der Waals surface area contributed by atoms with E-state index < -0.39 is 0 Å². The van der Waals surface area contributed by atoms with Crippen LogP contribution in [0.5, 0.6) is 0 Å². The summed E-state index contributed by atoms with van der Waals surface area (Å²) in [6.45, 7) is 6.29. The molecular weight excluding hydrogens is 240 g/mol. The highest BCUT2D eigenvalue weighted by Crippen LogP contribution is 2.24. The first-order valence-corrected chi connectivity index (χ1v) is 7.69. The van der Waals surface area contributed by atoms with Gasteiger partial charge in [-0.1, -0.05) is 25.2 Å². The first-order valence-electron chi connectivity index (χ1n) is 6.81. The van der Waals surface area contributed by atoms with Gasteiger partial charge >= 0.3 is 0 Å². The fraction of sp³-hybridized carbons (Fsp3) is 0.600. The summed E-state index contributed by atoms with van der Waals surface area (Å²) in [5.74, 6) is 7.02. The third-order valence-electron chi connectivity index (χ3n) is 3.62. The smallest absolute Gasteiger partial charge is 0.0555 e. The molecule has 1 unspecified atom stereocenters. The molecule has 2 N–H and O–H groups in total. The first kappa shape index (κ1) is 13.6. The van der Waals surface area contributed by atoms with Crippen LogP contribution in [0.25, 0.3) is 0 Å². The first-order chi connectivity index (χ1) is 8.83. The van der Waals surface area contributed by atoms with E-state index in [1.165, 1.54) is 42.8 Å². The Morgan fingerprint density at radius 1 is 1.56 bits per heavy atom. The summed E-state index contributed by atoms with van der Waals surface area (Å²) in [5, 5.41) is 2.14. The predicted molar refractivity (Wildman–Crippen MR) is 78.5 cm³/mol. The zero-order chi connectivity index (χ0) is 12.8. The van der Waals surface area contributed by atoms with Crippen molar-refractivity contribution in [3.63, 3.8) is 0 Å². The van der Waals surface area contributed by atoms with E-state index in [2.05, 4.69) is 35.1 Å². The standard InChI is InChI=1S/C15H22N2S/c1-2-13-5-4-9-17(11-13)12-15-14(6-3-8-16)7-10-18-15/h7,10,13H,2,4-5,8-9,11-12,16H2,1H3. The van der Waals surface area contributed by atoms with Crippen molar-refractivity contribution in [1.29, 1.82) is 0 Å². The summed E-state index contributed by atoms with van der Waals surface area (Å²) in [6, 6.07) is 2.11. The Morgan fingerprint density at radius 3 is 3.22 bits per heavy atom. The molecule has 98 valence electrons. The van der Waals surface area contributed by atoms with Crippen molar-refractivity contribution in [1.82, 2.24) is 4.90 Å². The summed E-state index contributed by atoms with van der Waals surface area (Å²) >= 11 is 1.82. The minimum atomic E-state index is 0.441. The molecule has 0 bridgehead atoms. The molecule has 1 aliphatic rings. The van der Waals surface area contributed by atoms with Gasteiger partial charge in [-0.05, 0) is 36.8 Å². The summed E-state index contributed by atoms with van der Waals surface area (Å²) < 4.78 is 0. The Morgan fingerprint density at radius 2 is 2.44 bits per heavy atom. The van der Waals surface area contributed by atoms with Gasteiger partial charge in [0.05, 0.1) is 6.54 Å². The molecule has 3 heteroatoms. The molecular formula is C15H22N2S. The zero-order valence-electron chi connectivity index (χ0n) is 11.1. The fourth-order valence-corrected chi connectivity index (χ4v) is 3.42. The van der Waals surface area contributed by atoms with Gasteiger partial charge in [0.25, 0.3) is 0 Å². The van der Waals surface area contributed by atoms with E-state index in [-0.39, 0.29) is 0 Å². The zero-order valence-corrected chi connectivity index (χ0v) is 11.9. The lowest BCUT2D eigenvalue weighted by atomic mass is 9.95. The second-order valence-electron chi connectivity index (χ2n) is 4.91. The second-order valence-corrected chi connectivity index (χ2v) is 5.92. The molecule has 0 aromatic carbocycles. The van der Waals surface area contributed by atoms with E-state index >= 15 is 0 Å². The van der Waals surface area contributed by atoms with Crippen LogP contribution < -0.4 is 5.73 Å². The average Bonchev–Trinajstić information content (AvgIpc) is 2.84. The molecule has 1 atom stereocenters. The topological polar surface area (TPSA) is 29.3 Å². The van der Waals surface area contributed by atoms with Crippen molar-refractivity contribution < 1.29 is 0 Å². The summed E-state index contributed by atoms with van der Waals surface area (Å²) in [4.78, 5) is 3.98. The van der Waals surface area contributed by atoms with Gasteiger partial charge < -0.3 is 5.73 Å². The second kappa shape index (κ2) is 6.94. The van der Waals surface area contributed by atoms with Crippen molar-refractivity contribution in [3.05, 3.63) is 21.9 Å². The minimum absolute atomic E-state index is 0.441. The highest BCUT2D eigenvalue weighted by molar-refractivity contribution is 7.10. The molecule has 1 aliphatic heterocycles. The van der Waals surface area contributed by atoms with Crippen molar-refractivity contribution in [3.8, 4) is 11.8 Å². The monoisotopic (exact) mass is 262 g/mol. The lowest BCUT2D eigenvalue weighted by molar-refractivity contribution is 0.166. The quantitative estimate of drug-likeness (QED) is 0.849. The summed E-state index contributed by atoms with van der Waals surface area (Å²) in [7, 11) is 0. The maximum atomic E-state index is 5.44. The lowest BCUT2D eigenvalue weighted by Gasteiger charge is -2.31. The van der Waals surface area contributed by atoms with Crippen LogP contribution in [0.3, 0.4) is 0 Å².